The third-order valence-electron chi connectivity index (χ3n) is 2.39. The van der Waals surface area contributed by atoms with Crippen molar-refractivity contribution in [3.8, 4) is 0 Å². The van der Waals surface area contributed by atoms with Crippen LogP contribution in [0.2, 0.25) is 0 Å². The first-order chi connectivity index (χ1) is 7.13. The number of nitrogens with one attached hydrogen (secondary N) is 1. The van der Waals surface area contributed by atoms with Crippen molar-refractivity contribution >= 4 is 0 Å². The van der Waals surface area contributed by atoms with Crippen LogP contribution in [0.5, 0.6) is 0 Å². The Morgan fingerprint density at radius 2 is 2.20 bits per heavy atom. The SMILES string of the molecule is CNCc1cc(COC(C)C(C)C)on1. The van der Waals surface area contributed by atoms with Crippen molar-refractivity contribution in [1.82, 2.24) is 10.5 Å². The van der Waals surface area contributed by atoms with Crippen LogP contribution in [0.15, 0.2) is 10.6 Å². The number of rotatable bonds is 6. The van der Waals surface area contributed by atoms with Gasteiger partial charge in [-0.15, -0.1) is 0 Å². The lowest BCUT2D eigenvalue weighted by Gasteiger charge is -2.14. The Morgan fingerprint density at radius 1 is 1.47 bits per heavy atom. The van der Waals surface area contributed by atoms with Gasteiger partial charge in [-0.05, 0) is 19.9 Å². The molecule has 0 aromatic carbocycles. The molecule has 4 heteroatoms. The highest BCUT2D eigenvalue weighted by molar-refractivity contribution is 5.03. The number of hydrogen-bond acceptors (Lipinski definition) is 4. The Morgan fingerprint density at radius 3 is 2.80 bits per heavy atom. The number of aromatic nitrogens is 1. The van der Waals surface area contributed by atoms with Crippen LogP contribution in [0.1, 0.15) is 32.2 Å². The molecule has 0 saturated carbocycles. The van der Waals surface area contributed by atoms with Gasteiger partial charge in [-0.25, -0.2) is 0 Å². The van der Waals surface area contributed by atoms with Gasteiger partial charge in [-0.3, -0.25) is 0 Å². The van der Waals surface area contributed by atoms with Crippen LogP contribution < -0.4 is 5.32 Å². The van der Waals surface area contributed by atoms with Gasteiger partial charge >= 0.3 is 0 Å². The fourth-order valence-electron chi connectivity index (χ4n) is 1.09. The van der Waals surface area contributed by atoms with E-state index in [0.29, 0.717) is 12.5 Å². The Labute approximate surface area is 91.0 Å². The van der Waals surface area contributed by atoms with Crippen LogP contribution in [0.3, 0.4) is 0 Å². The fourth-order valence-corrected chi connectivity index (χ4v) is 1.09. The van der Waals surface area contributed by atoms with Gasteiger partial charge in [0, 0.05) is 12.6 Å². The maximum atomic E-state index is 5.63. The normalized spacial score (nSPS) is 13.4. The zero-order chi connectivity index (χ0) is 11.3. The van der Waals surface area contributed by atoms with E-state index in [0.717, 1.165) is 18.0 Å². The van der Waals surface area contributed by atoms with Gasteiger partial charge in [0.05, 0.1) is 11.8 Å². The fraction of sp³-hybridized carbons (Fsp3) is 0.727. The van der Waals surface area contributed by atoms with Crippen LogP contribution in [-0.2, 0) is 17.9 Å². The van der Waals surface area contributed by atoms with Gasteiger partial charge in [0.25, 0.3) is 0 Å². The molecule has 0 aliphatic heterocycles. The molecule has 1 aromatic heterocycles. The Bertz CT molecular complexity index is 284. The van der Waals surface area contributed by atoms with Crippen molar-refractivity contribution in [2.24, 2.45) is 5.92 Å². The third kappa shape index (κ3) is 4.01. The molecule has 1 atom stereocenters. The molecule has 0 aliphatic carbocycles. The summed E-state index contributed by atoms with van der Waals surface area (Å²) in [6, 6.07) is 1.92. The van der Waals surface area contributed by atoms with Gasteiger partial charge in [-0.2, -0.15) is 0 Å². The summed E-state index contributed by atoms with van der Waals surface area (Å²) in [5.41, 5.74) is 0.910. The molecule has 0 bridgehead atoms. The molecular weight excluding hydrogens is 192 g/mol. The maximum absolute atomic E-state index is 5.63. The van der Waals surface area contributed by atoms with E-state index in [1.807, 2.05) is 13.1 Å². The molecule has 0 fully saturated rings. The molecule has 0 spiro atoms. The van der Waals surface area contributed by atoms with Crippen LogP contribution in [-0.4, -0.2) is 18.3 Å². The second-order valence-corrected chi connectivity index (χ2v) is 4.08. The number of hydrogen-bond donors (Lipinski definition) is 1. The van der Waals surface area contributed by atoms with Gasteiger partial charge in [0.2, 0.25) is 0 Å². The molecule has 1 unspecified atom stereocenters. The maximum Gasteiger partial charge on any atom is 0.162 e. The van der Waals surface area contributed by atoms with Crippen LogP contribution in [0.25, 0.3) is 0 Å². The van der Waals surface area contributed by atoms with Crippen molar-refractivity contribution in [3.05, 3.63) is 17.5 Å². The smallest absolute Gasteiger partial charge is 0.162 e. The van der Waals surface area contributed by atoms with E-state index < -0.39 is 0 Å². The first kappa shape index (κ1) is 12.2. The monoisotopic (exact) mass is 212 g/mol. The highest BCUT2D eigenvalue weighted by Gasteiger charge is 2.09. The molecule has 0 saturated heterocycles. The second-order valence-electron chi connectivity index (χ2n) is 4.08. The summed E-state index contributed by atoms with van der Waals surface area (Å²) >= 11 is 0. The largest absolute Gasteiger partial charge is 0.370 e. The lowest BCUT2D eigenvalue weighted by molar-refractivity contribution is 0.0127. The lowest BCUT2D eigenvalue weighted by Crippen LogP contribution is -2.14. The van der Waals surface area contributed by atoms with E-state index in [2.05, 4.69) is 31.2 Å². The quantitative estimate of drug-likeness (QED) is 0.783. The van der Waals surface area contributed by atoms with E-state index in [-0.39, 0.29) is 6.10 Å². The predicted octanol–water partition coefficient (Wildman–Crippen LogP) is 1.96. The molecule has 1 N–H and O–H groups in total. The summed E-state index contributed by atoms with van der Waals surface area (Å²) in [5.74, 6) is 1.30. The Hall–Kier alpha value is -0.870. The van der Waals surface area contributed by atoms with E-state index in [1.54, 1.807) is 0 Å². The molecule has 0 amide bonds. The summed E-state index contributed by atoms with van der Waals surface area (Å²) in [5, 5.41) is 6.93. The molecule has 15 heavy (non-hydrogen) atoms. The molecule has 4 nitrogen and oxygen atoms in total. The molecule has 1 rings (SSSR count). The van der Waals surface area contributed by atoms with E-state index in [9.17, 15) is 0 Å². The van der Waals surface area contributed by atoms with Crippen molar-refractivity contribution in [1.29, 1.82) is 0 Å². The second kappa shape index (κ2) is 5.88. The summed E-state index contributed by atoms with van der Waals surface area (Å²) in [4.78, 5) is 0. The van der Waals surface area contributed by atoms with Crippen molar-refractivity contribution in [2.45, 2.75) is 40.0 Å². The van der Waals surface area contributed by atoms with Crippen LogP contribution in [0.4, 0.5) is 0 Å². The lowest BCUT2D eigenvalue weighted by atomic mass is 10.1. The molecule has 0 aliphatic rings. The summed E-state index contributed by atoms with van der Waals surface area (Å²) in [7, 11) is 1.88. The predicted molar refractivity (Wildman–Crippen MR) is 58.4 cm³/mol. The highest BCUT2D eigenvalue weighted by atomic mass is 16.5. The van der Waals surface area contributed by atoms with Crippen molar-refractivity contribution in [3.63, 3.8) is 0 Å². The van der Waals surface area contributed by atoms with E-state index >= 15 is 0 Å². The van der Waals surface area contributed by atoms with E-state index in [1.165, 1.54) is 0 Å². The Balaban J connectivity index is 2.37. The number of nitrogens with zero attached hydrogens (tertiary/aromatic N) is 1. The average molecular weight is 212 g/mol. The molecule has 0 radical (unpaired) electrons. The highest BCUT2D eigenvalue weighted by Crippen LogP contribution is 2.10. The molecule has 1 heterocycles. The molecule has 86 valence electrons. The topological polar surface area (TPSA) is 47.3 Å². The van der Waals surface area contributed by atoms with Crippen LogP contribution in [0, 0.1) is 5.92 Å². The Kier molecular flexibility index (Phi) is 4.78. The molecular formula is C11H20N2O2. The zero-order valence-corrected chi connectivity index (χ0v) is 9.91. The standard InChI is InChI=1S/C11H20N2O2/c1-8(2)9(3)14-7-11-5-10(6-12-4)13-15-11/h5,8-9,12H,6-7H2,1-4H3. The third-order valence-corrected chi connectivity index (χ3v) is 2.39. The minimum Gasteiger partial charge on any atom is -0.370 e. The summed E-state index contributed by atoms with van der Waals surface area (Å²) in [6.07, 6.45) is 0.239. The first-order valence-corrected chi connectivity index (χ1v) is 5.34. The van der Waals surface area contributed by atoms with Gasteiger partial charge in [-0.1, -0.05) is 19.0 Å². The van der Waals surface area contributed by atoms with E-state index in [4.69, 9.17) is 9.26 Å². The average Bonchev–Trinajstić information content (AvgIpc) is 2.62. The van der Waals surface area contributed by atoms with Crippen molar-refractivity contribution < 1.29 is 9.26 Å². The zero-order valence-electron chi connectivity index (χ0n) is 9.91. The molecule has 1 aromatic rings. The summed E-state index contributed by atoms with van der Waals surface area (Å²) in [6.45, 7) is 7.56. The van der Waals surface area contributed by atoms with Gasteiger partial charge in [0.1, 0.15) is 6.61 Å². The minimum absolute atomic E-state index is 0.239. The number of ether oxygens (including phenoxy) is 1. The van der Waals surface area contributed by atoms with Gasteiger partial charge < -0.3 is 14.6 Å². The van der Waals surface area contributed by atoms with Gasteiger partial charge in [0.15, 0.2) is 5.76 Å². The van der Waals surface area contributed by atoms with Crippen LogP contribution >= 0.6 is 0 Å². The summed E-state index contributed by atoms with van der Waals surface area (Å²) < 4.78 is 10.8. The minimum atomic E-state index is 0.239. The van der Waals surface area contributed by atoms with Crippen molar-refractivity contribution in [2.75, 3.05) is 7.05 Å². The first-order valence-electron chi connectivity index (χ1n) is 5.34.